The fraction of sp³-hybridized carbons (Fsp3) is 0.261. The Bertz CT molecular complexity index is 1190. The van der Waals surface area contributed by atoms with Gasteiger partial charge in [0.15, 0.2) is 11.5 Å². The summed E-state index contributed by atoms with van der Waals surface area (Å²) in [6.07, 6.45) is 0. The third-order valence-electron chi connectivity index (χ3n) is 4.85. The van der Waals surface area contributed by atoms with Gasteiger partial charge in [0.25, 0.3) is 0 Å². The Kier molecular flexibility index (Phi) is 6.48. The van der Waals surface area contributed by atoms with Crippen LogP contribution in [0.1, 0.15) is 17.5 Å². The number of methoxy groups -OCH3 is 1. The molecule has 1 atom stereocenters. The molecule has 33 heavy (non-hydrogen) atoms. The maximum absolute atomic E-state index is 12.2. The Balaban J connectivity index is 1.48. The van der Waals surface area contributed by atoms with Crippen LogP contribution >= 0.6 is 23.1 Å². The lowest BCUT2D eigenvalue weighted by atomic mass is 10.2. The van der Waals surface area contributed by atoms with E-state index in [1.54, 1.807) is 55.3 Å². The fourth-order valence-electron chi connectivity index (χ4n) is 3.12. The van der Waals surface area contributed by atoms with E-state index in [0.717, 1.165) is 31.8 Å². The van der Waals surface area contributed by atoms with Crippen LogP contribution in [0, 0.1) is 6.92 Å². The number of carbonyl (C=O) groups excluding carboxylic acids is 1. The highest BCUT2D eigenvalue weighted by Gasteiger charge is 2.58. The van der Waals surface area contributed by atoms with Crippen LogP contribution in [0.25, 0.3) is 10.6 Å². The van der Waals surface area contributed by atoms with Gasteiger partial charge in [-0.25, -0.2) is 14.6 Å². The van der Waals surface area contributed by atoms with Gasteiger partial charge in [0.05, 0.1) is 19.4 Å². The number of carbonyl (C=O) groups is 2. The molecule has 3 aromatic rings. The first-order valence-corrected chi connectivity index (χ1v) is 11.8. The highest BCUT2D eigenvalue weighted by Crippen LogP contribution is 2.43. The summed E-state index contributed by atoms with van der Waals surface area (Å²) in [6, 6.07) is 12.8. The number of hydrogen-bond donors (Lipinski definition) is 1. The number of hydrogen-bond acceptors (Lipinski definition) is 9. The number of nitrogens with zero attached hydrogens (tertiary/aromatic N) is 1. The number of rotatable bonds is 8. The Hall–Kier alpha value is -3.24. The van der Waals surface area contributed by atoms with Gasteiger partial charge in [-0.15, -0.1) is 23.1 Å². The second kappa shape index (κ2) is 9.32. The smallest absolute Gasteiger partial charge is 0.453 e. The van der Waals surface area contributed by atoms with Gasteiger partial charge in [-0.2, -0.15) is 0 Å². The third-order valence-corrected chi connectivity index (χ3v) is 7.26. The standard InChI is InChI=1S/C23H21NO7S2/c1-4-29-22(27)23(21(25)26)30-17-10-9-16(11-18(17)31-23)32-12-19-13(2)24-20(33-19)14-5-7-15(28-3)8-6-14/h5-11H,4,12H2,1-3H3,(H,25,26). The highest BCUT2D eigenvalue weighted by atomic mass is 32.2. The predicted octanol–water partition coefficient (Wildman–Crippen LogP) is 4.53. The van der Waals surface area contributed by atoms with E-state index in [2.05, 4.69) is 4.98 Å². The van der Waals surface area contributed by atoms with Crippen molar-refractivity contribution in [3.05, 3.63) is 53.0 Å². The van der Waals surface area contributed by atoms with Gasteiger partial charge in [0.2, 0.25) is 0 Å². The van der Waals surface area contributed by atoms with Crippen molar-refractivity contribution in [2.24, 2.45) is 0 Å². The second-order valence-corrected chi connectivity index (χ2v) is 9.13. The Morgan fingerprint density at radius 3 is 2.55 bits per heavy atom. The summed E-state index contributed by atoms with van der Waals surface area (Å²) in [6.45, 7) is 3.55. The second-order valence-electron chi connectivity index (χ2n) is 7.00. The molecule has 0 saturated heterocycles. The van der Waals surface area contributed by atoms with Crippen molar-refractivity contribution in [1.29, 1.82) is 0 Å². The number of aryl methyl sites for hydroxylation is 1. The Labute approximate surface area is 198 Å². The Morgan fingerprint density at radius 2 is 1.88 bits per heavy atom. The van der Waals surface area contributed by atoms with E-state index in [4.69, 9.17) is 18.9 Å². The van der Waals surface area contributed by atoms with Gasteiger partial charge in [-0.05, 0) is 56.3 Å². The van der Waals surface area contributed by atoms with Gasteiger partial charge in [-0.1, -0.05) is 0 Å². The molecule has 172 valence electrons. The van der Waals surface area contributed by atoms with E-state index in [1.807, 2.05) is 31.2 Å². The number of aliphatic carboxylic acids is 1. The van der Waals surface area contributed by atoms with Crippen molar-refractivity contribution in [2.75, 3.05) is 13.7 Å². The summed E-state index contributed by atoms with van der Waals surface area (Å²) in [7, 11) is 1.63. The third kappa shape index (κ3) is 4.49. The van der Waals surface area contributed by atoms with Crippen molar-refractivity contribution >= 4 is 35.0 Å². The lowest BCUT2D eigenvalue weighted by Crippen LogP contribution is -2.55. The summed E-state index contributed by atoms with van der Waals surface area (Å²) in [4.78, 5) is 30.6. The first-order valence-electron chi connectivity index (χ1n) is 10.0. The summed E-state index contributed by atoms with van der Waals surface area (Å²) < 4.78 is 20.8. The SMILES string of the molecule is CCOC(=O)C1(C(=O)O)Oc2ccc(SCc3sc(-c4ccc(OC)cc4)nc3C)cc2O1. The number of benzene rings is 2. The van der Waals surface area contributed by atoms with Crippen LogP contribution in [0.5, 0.6) is 17.2 Å². The minimum Gasteiger partial charge on any atom is -0.497 e. The minimum atomic E-state index is -2.52. The average Bonchev–Trinajstić information content (AvgIpc) is 3.39. The zero-order chi connectivity index (χ0) is 23.6. The van der Waals surface area contributed by atoms with Gasteiger partial charge >= 0.3 is 17.7 Å². The maximum atomic E-state index is 12.2. The molecule has 1 aliphatic heterocycles. The molecule has 1 N–H and O–H groups in total. The molecule has 1 aromatic heterocycles. The van der Waals surface area contributed by atoms with Gasteiger partial charge < -0.3 is 24.1 Å². The van der Waals surface area contributed by atoms with Crippen molar-refractivity contribution in [1.82, 2.24) is 4.98 Å². The zero-order valence-electron chi connectivity index (χ0n) is 18.1. The lowest BCUT2D eigenvalue weighted by molar-refractivity contribution is -0.198. The predicted molar refractivity (Wildman–Crippen MR) is 123 cm³/mol. The number of thiazole rings is 1. The summed E-state index contributed by atoms with van der Waals surface area (Å²) in [5.41, 5.74) is 1.97. The number of fused-ring (bicyclic) bond motifs is 1. The van der Waals surface area contributed by atoms with Crippen LogP contribution < -0.4 is 14.2 Å². The molecule has 1 aliphatic rings. The van der Waals surface area contributed by atoms with Crippen LogP contribution in [0.2, 0.25) is 0 Å². The summed E-state index contributed by atoms with van der Waals surface area (Å²) >= 11 is 3.16. The number of ether oxygens (including phenoxy) is 4. The molecule has 0 fully saturated rings. The number of carboxylic acids is 1. The molecular formula is C23H21NO7S2. The van der Waals surface area contributed by atoms with Crippen molar-refractivity contribution in [3.63, 3.8) is 0 Å². The highest BCUT2D eigenvalue weighted by molar-refractivity contribution is 7.98. The van der Waals surface area contributed by atoms with Crippen LogP contribution in [0.4, 0.5) is 0 Å². The van der Waals surface area contributed by atoms with E-state index >= 15 is 0 Å². The molecule has 0 bridgehead atoms. The molecule has 2 aromatic carbocycles. The number of esters is 1. The molecule has 0 spiro atoms. The maximum Gasteiger partial charge on any atom is 0.453 e. The van der Waals surface area contributed by atoms with Gasteiger partial charge in [-0.3, -0.25) is 0 Å². The molecule has 10 heteroatoms. The van der Waals surface area contributed by atoms with Crippen molar-refractivity contribution in [2.45, 2.75) is 30.3 Å². The lowest BCUT2D eigenvalue weighted by Gasteiger charge is -2.19. The number of aromatic nitrogens is 1. The van der Waals surface area contributed by atoms with Crippen LogP contribution in [-0.2, 0) is 20.1 Å². The first kappa shape index (κ1) is 22.9. The van der Waals surface area contributed by atoms with Crippen molar-refractivity contribution in [3.8, 4) is 27.8 Å². The fourth-order valence-corrected chi connectivity index (χ4v) is 5.26. The van der Waals surface area contributed by atoms with Gasteiger partial charge in [0, 0.05) is 21.1 Å². The van der Waals surface area contributed by atoms with Crippen LogP contribution in [-0.4, -0.2) is 41.5 Å². The first-order chi connectivity index (χ1) is 15.9. The van der Waals surface area contributed by atoms with Crippen LogP contribution in [0.3, 0.4) is 0 Å². The normalized spacial score (nSPS) is 16.5. The topological polar surface area (TPSA) is 104 Å². The van der Waals surface area contributed by atoms with Crippen molar-refractivity contribution < 1.29 is 33.6 Å². The molecule has 1 unspecified atom stereocenters. The minimum absolute atomic E-state index is 0.00471. The molecule has 0 saturated carbocycles. The number of carboxylic acid groups (broad SMARTS) is 1. The number of thioether (sulfide) groups is 1. The quantitative estimate of drug-likeness (QED) is 0.279. The Morgan fingerprint density at radius 1 is 1.15 bits per heavy atom. The molecule has 8 nitrogen and oxygen atoms in total. The average molecular weight is 488 g/mol. The molecule has 4 rings (SSSR count). The van der Waals surface area contributed by atoms with E-state index in [-0.39, 0.29) is 18.1 Å². The van der Waals surface area contributed by atoms with Gasteiger partial charge in [0.1, 0.15) is 10.8 Å². The largest absolute Gasteiger partial charge is 0.497 e. The molecule has 2 heterocycles. The van der Waals surface area contributed by atoms with E-state index in [1.165, 1.54) is 0 Å². The van der Waals surface area contributed by atoms with E-state index in [0.29, 0.717) is 5.75 Å². The molecule has 0 radical (unpaired) electrons. The van der Waals surface area contributed by atoms with E-state index < -0.39 is 17.7 Å². The molecule has 0 amide bonds. The van der Waals surface area contributed by atoms with E-state index in [9.17, 15) is 14.7 Å². The van der Waals surface area contributed by atoms with Crippen LogP contribution in [0.15, 0.2) is 47.4 Å². The summed E-state index contributed by atoms with van der Waals surface area (Å²) in [5.74, 6) is -3.39. The zero-order valence-corrected chi connectivity index (χ0v) is 19.7. The molecule has 0 aliphatic carbocycles. The summed E-state index contributed by atoms with van der Waals surface area (Å²) in [5, 5.41) is 10.5. The monoisotopic (exact) mass is 487 g/mol. The molecular weight excluding hydrogens is 466 g/mol.